The van der Waals surface area contributed by atoms with Crippen LogP contribution in [0, 0.1) is 5.92 Å². The number of aryl methyl sites for hydroxylation is 1. The highest BCUT2D eigenvalue weighted by Crippen LogP contribution is 2.30. The van der Waals surface area contributed by atoms with Crippen molar-refractivity contribution >= 4 is 17.7 Å². The fraction of sp³-hybridized carbons (Fsp3) is 0.500. The Morgan fingerprint density at radius 3 is 2.64 bits per heavy atom. The number of hydrogen-bond donors (Lipinski definition) is 1. The Morgan fingerprint density at radius 1 is 1.20 bits per heavy atom. The van der Waals surface area contributed by atoms with Crippen LogP contribution in [-0.4, -0.2) is 27.3 Å². The molecule has 1 aliphatic carbocycles. The highest BCUT2D eigenvalue weighted by atomic mass is 32.2. The topological polar surface area (TPSA) is 46.9 Å². The number of rotatable bonds is 6. The number of carbonyl (C=O) groups excluding carboxylic acids is 1. The van der Waals surface area contributed by atoms with E-state index in [4.69, 9.17) is 4.98 Å². The first kappa shape index (κ1) is 18.1. The van der Waals surface area contributed by atoms with Crippen molar-refractivity contribution in [3.8, 4) is 5.69 Å². The Bertz CT molecular complexity index is 724. The van der Waals surface area contributed by atoms with Crippen LogP contribution in [0.2, 0.25) is 0 Å². The van der Waals surface area contributed by atoms with Gasteiger partial charge in [0.2, 0.25) is 5.91 Å². The number of imidazole rings is 1. The summed E-state index contributed by atoms with van der Waals surface area (Å²) < 4.78 is 2.25. The molecule has 1 aliphatic rings. The molecule has 5 heteroatoms. The summed E-state index contributed by atoms with van der Waals surface area (Å²) in [5.74, 6) is 0.916. The van der Waals surface area contributed by atoms with Gasteiger partial charge < -0.3 is 5.32 Å². The molecule has 1 unspecified atom stereocenters. The molecule has 0 aliphatic heterocycles. The van der Waals surface area contributed by atoms with Crippen molar-refractivity contribution in [2.45, 2.75) is 57.7 Å². The maximum absolute atomic E-state index is 12.3. The van der Waals surface area contributed by atoms with Gasteiger partial charge in [0.15, 0.2) is 5.16 Å². The molecule has 25 heavy (non-hydrogen) atoms. The van der Waals surface area contributed by atoms with Crippen LogP contribution < -0.4 is 5.32 Å². The van der Waals surface area contributed by atoms with Gasteiger partial charge in [-0.15, -0.1) is 0 Å². The number of thioether (sulfide) groups is 1. The van der Waals surface area contributed by atoms with Crippen molar-refractivity contribution in [3.05, 3.63) is 41.7 Å². The zero-order chi connectivity index (χ0) is 17.8. The van der Waals surface area contributed by atoms with Crippen LogP contribution in [0.4, 0.5) is 0 Å². The maximum atomic E-state index is 12.3. The zero-order valence-electron chi connectivity index (χ0n) is 15.3. The summed E-state index contributed by atoms with van der Waals surface area (Å²) in [5.41, 5.74) is 3.65. The summed E-state index contributed by atoms with van der Waals surface area (Å²) in [5, 5.41) is 4.01. The van der Waals surface area contributed by atoms with Gasteiger partial charge in [-0.25, -0.2) is 4.98 Å². The molecular formula is C20H27N3OS. The third-order valence-corrected chi connectivity index (χ3v) is 5.78. The average molecular weight is 358 g/mol. The third kappa shape index (κ3) is 4.27. The monoisotopic (exact) mass is 357 g/mol. The van der Waals surface area contributed by atoms with Gasteiger partial charge in [-0.05, 0) is 50.7 Å². The maximum Gasteiger partial charge on any atom is 0.230 e. The van der Waals surface area contributed by atoms with Crippen LogP contribution in [0.15, 0.2) is 35.5 Å². The molecule has 0 saturated carbocycles. The molecule has 1 aromatic carbocycles. The van der Waals surface area contributed by atoms with Gasteiger partial charge in [-0.3, -0.25) is 9.36 Å². The predicted molar refractivity (Wildman–Crippen MR) is 103 cm³/mol. The largest absolute Gasteiger partial charge is 0.353 e. The lowest BCUT2D eigenvalue weighted by molar-refractivity contribution is -0.119. The summed E-state index contributed by atoms with van der Waals surface area (Å²) in [7, 11) is 0. The lowest BCUT2D eigenvalue weighted by Crippen LogP contribution is -2.37. The summed E-state index contributed by atoms with van der Waals surface area (Å²) in [6.07, 6.45) is 4.52. The van der Waals surface area contributed by atoms with E-state index in [9.17, 15) is 4.79 Å². The minimum Gasteiger partial charge on any atom is -0.353 e. The highest BCUT2D eigenvalue weighted by molar-refractivity contribution is 7.99. The fourth-order valence-corrected chi connectivity index (χ4v) is 3.91. The zero-order valence-corrected chi connectivity index (χ0v) is 16.1. The molecule has 1 amide bonds. The number of para-hydroxylation sites is 1. The molecule has 0 bridgehead atoms. The van der Waals surface area contributed by atoms with Crippen LogP contribution in [0.3, 0.4) is 0 Å². The lowest BCUT2D eigenvalue weighted by atomic mass is 10.0. The number of amides is 1. The second-order valence-corrected chi connectivity index (χ2v) is 8.00. The second-order valence-electron chi connectivity index (χ2n) is 7.05. The Balaban J connectivity index is 1.79. The second kappa shape index (κ2) is 8.09. The highest BCUT2D eigenvalue weighted by Gasteiger charge is 2.22. The van der Waals surface area contributed by atoms with E-state index in [2.05, 4.69) is 54.9 Å². The van der Waals surface area contributed by atoms with E-state index >= 15 is 0 Å². The van der Waals surface area contributed by atoms with Crippen LogP contribution in [0.5, 0.6) is 0 Å². The van der Waals surface area contributed by atoms with Crippen molar-refractivity contribution < 1.29 is 4.79 Å². The number of fused-ring (bicyclic) bond motifs is 1. The fourth-order valence-electron chi connectivity index (χ4n) is 3.05. The van der Waals surface area contributed by atoms with Gasteiger partial charge in [-0.2, -0.15) is 0 Å². The van der Waals surface area contributed by atoms with Crippen LogP contribution in [0.1, 0.15) is 45.0 Å². The summed E-state index contributed by atoms with van der Waals surface area (Å²) >= 11 is 1.54. The van der Waals surface area contributed by atoms with E-state index in [1.165, 1.54) is 36.0 Å². The molecule has 1 heterocycles. The van der Waals surface area contributed by atoms with Gasteiger partial charge in [0.25, 0.3) is 0 Å². The first-order valence-electron chi connectivity index (χ1n) is 9.14. The summed E-state index contributed by atoms with van der Waals surface area (Å²) in [4.78, 5) is 17.1. The molecule has 1 aromatic heterocycles. The Morgan fingerprint density at radius 2 is 1.92 bits per heavy atom. The van der Waals surface area contributed by atoms with Gasteiger partial charge >= 0.3 is 0 Å². The van der Waals surface area contributed by atoms with Crippen molar-refractivity contribution in [3.63, 3.8) is 0 Å². The third-order valence-electron chi connectivity index (χ3n) is 4.84. The normalized spacial score (nSPS) is 15.0. The molecule has 0 saturated heterocycles. The van der Waals surface area contributed by atoms with E-state index in [0.29, 0.717) is 11.7 Å². The molecule has 134 valence electrons. The molecule has 0 fully saturated rings. The van der Waals surface area contributed by atoms with Crippen LogP contribution in [0.25, 0.3) is 5.69 Å². The number of hydrogen-bond acceptors (Lipinski definition) is 3. The number of aromatic nitrogens is 2. The van der Waals surface area contributed by atoms with E-state index in [1.54, 1.807) is 0 Å². The molecule has 1 atom stereocenters. The van der Waals surface area contributed by atoms with Gasteiger partial charge in [0.05, 0.1) is 11.4 Å². The van der Waals surface area contributed by atoms with Crippen molar-refractivity contribution in [2.75, 3.05) is 5.75 Å². The standard InChI is InChI=1S/C20H27N3OS/c1-14(2)15(3)21-19(24)13-25-20-22-17-11-7-8-12-18(17)23(20)16-9-5-4-6-10-16/h4-6,9-10,14-15H,7-8,11-13H2,1-3H3,(H,21,24). The molecule has 0 radical (unpaired) electrons. The minimum atomic E-state index is 0.0757. The summed E-state index contributed by atoms with van der Waals surface area (Å²) in [6, 6.07) is 10.5. The SMILES string of the molecule is CC(C)C(C)NC(=O)CSc1nc2c(n1-c1ccccc1)CCCC2. The van der Waals surface area contributed by atoms with Crippen LogP contribution >= 0.6 is 11.8 Å². The molecule has 0 spiro atoms. The molecule has 3 rings (SSSR count). The minimum absolute atomic E-state index is 0.0757. The van der Waals surface area contributed by atoms with E-state index in [-0.39, 0.29) is 11.9 Å². The number of carbonyl (C=O) groups is 1. The molecule has 1 N–H and O–H groups in total. The summed E-state index contributed by atoms with van der Waals surface area (Å²) in [6.45, 7) is 6.29. The first-order chi connectivity index (χ1) is 12.1. The van der Waals surface area contributed by atoms with E-state index in [1.807, 2.05) is 6.07 Å². The molecule has 2 aromatic rings. The first-order valence-corrected chi connectivity index (χ1v) is 10.1. The van der Waals surface area contributed by atoms with Gasteiger partial charge in [0.1, 0.15) is 0 Å². The van der Waals surface area contributed by atoms with Crippen molar-refractivity contribution in [2.24, 2.45) is 5.92 Å². The van der Waals surface area contributed by atoms with Crippen LogP contribution in [-0.2, 0) is 17.6 Å². The van der Waals surface area contributed by atoms with Gasteiger partial charge in [0, 0.05) is 17.4 Å². The van der Waals surface area contributed by atoms with Gasteiger partial charge in [-0.1, -0.05) is 43.8 Å². The Hall–Kier alpha value is -1.75. The average Bonchev–Trinajstić information content (AvgIpc) is 2.99. The number of nitrogens with one attached hydrogen (secondary N) is 1. The smallest absolute Gasteiger partial charge is 0.230 e. The number of benzene rings is 1. The Labute approximate surface area is 154 Å². The van der Waals surface area contributed by atoms with E-state index in [0.717, 1.165) is 23.7 Å². The predicted octanol–water partition coefficient (Wildman–Crippen LogP) is 4.00. The quantitative estimate of drug-likeness (QED) is 0.795. The molecule has 4 nitrogen and oxygen atoms in total. The van der Waals surface area contributed by atoms with E-state index < -0.39 is 0 Å². The number of nitrogens with zero attached hydrogens (tertiary/aromatic N) is 2. The molecular weight excluding hydrogens is 330 g/mol. The lowest BCUT2D eigenvalue weighted by Gasteiger charge is -2.17. The van der Waals surface area contributed by atoms with Crippen molar-refractivity contribution in [1.29, 1.82) is 0 Å². The Kier molecular flexibility index (Phi) is 5.84. The van der Waals surface area contributed by atoms with Crippen molar-refractivity contribution in [1.82, 2.24) is 14.9 Å².